The molecule has 4 rings (SSSR count). The smallest absolute Gasteiger partial charge is 0.276 e. The lowest BCUT2D eigenvalue weighted by molar-refractivity contribution is 0.102. The van der Waals surface area contributed by atoms with E-state index in [2.05, 4.69) is 31.7 Å². The highest BCUT2D eigenvalue weighted by Gasteiger charge is 2.16. The third kappa shape index (κ3) is 4.29. The summed E-state index contributed by atoms with van der Waals surface area (Å²) in [5.74, 6) is -0.399. The molecule has 0 radical (unpaired) electrons. The zero-order chi connectivity index (χ0) is 21.1. The van der Waals surface area contributed by atoms with Crippen molar-refractivity contribution in [2.24, 2.45) is 0 Å². The summed E-state index contributed by atoms with van der Waals surface area (Å²) >= 11 is 0. The SMILES string of the molecule is C=CS(=O)(=O)Nc1ccc2[nH]nc(C(=O)Nc3ccc(N4CCOCC4)cc3)c2c1. The van der Waals surface area contributed by atoms with E-state index < -0.39 is 15.9 Å². The van der Waals surface area contributed by atoms with Crippen molar-refractivity contribution in [2.75, 3.05) is 41.2 Å². The fourth-order valence-corrected chi connectivity index (χ4v) is 3.76. The summed E-state index contributed by atoms with van der Waals surface area (Å²) in [6, 6.07) is 12.3. The standard InChI is InChI=1S/C20H21N5O4S/c1-2-30(27,28)24-15-5-8-18-17(13-15)19(23-22-18)20(26)21-14-3-6-16(7-4-14)25-9-11-29-12-10-25/h2-8,13,24H,1,9-12H2,(H,21,26)(H,22,23). The Hall–Kier alpha value is -3.37. The number of sulfonamides is 1. The van der Waals surface area contributed by atoms with Crippen LogP contribution in [0.15, 0.2) is 54.5 Å². The number of hydrogen-bond acceptors (Lipinski definition) is 6. The van der Waals surface area contributed by atoms with Gasteiger partial charge in [0.15, 0.2) is 5.69 Å². The van der Waals surface area contributed by atoms with Crippen LogP contribution in [0.3, 0.4) is 0 Å². The Morgan fingerprint density at radius 3 is 2.53 bits per heavy atom. The van der Waals surface area contributed by atoms with Gasteiger partial charge < -0.3 is 15.0 Å². The van der Waals surface area contributed by atoms with Crippen LogP contribution in [-0.2, 0) is 14.8 Å². The average Bonchev–Trinajstić information content (AvgIpc) is 3.18. The minimum atomic E-state index is -3.65. The molecule has 0 aliphatic carbocycles. The van der Waals surface area contributed by atoms with Crippen LogP contribution in [0.1, 0.15) is 10.5 Å². The molecule has 1 aliphatic heterocycles. The number of hydrogen-bond donors (Lipinski definition) is 3. The van der Waals surface area contributed by atoms with Gasteiger partial charge in [-0.25, -0.2) is 8.42 Å². The Balaban J connectivity index is 1.52. The van der Waals surface area contributed by atoms with Crippen LogP contribution in [0.2, 0.25) is 0 Å². The van der Waals surface area contributed by atoms with E-state index in [0.29, 0.717) is 35.5 Å². The molecule has 1 aromatic heterocycles. The van der Waals surface area contributed by atoms with Gasteiger partial charge in [0.1, 0.15) is 0 Å². The minimum Gasteiger partial charge on any atom is -0.378 e. The number of benzene rings is 2. The molecule has 0 spiro atoms. The number of H-pyrrole nitrogens is 1. The van der Waals surface area contributed by atoms with E-state index in [0.717, 1.165) is 24.2 Å². The number of fused-ring (bicyclic) bond motifs is 1. The van der Waals surface area contributed by atoms with Crippen molar-refractivity contribution in [1.29, 1.82) is 0 Å². The van der Waals surface area contributed by atoms with Gasteiger partial charge in [-0.15, -0.1) is 0 Å². The lowest BCUT2D eigenvalue weighted by atomic mass is 10.2. The Labute approximate surface area is 173 Å². The lowest BCUT2D eigenvalue weighted by Gasteiger charge is -2.28. The molecule has 0 saturated carbocycles. The van der Waals surface area contributed by atoms with Crippen LogP contribution < -0.4 is 14.9 Å². The molecule has 30 heavy (non-hydrogen) atoms. The first-order chi connectivity index (χ1) is 14.4. The molecule has 1 saturated heterocycles. The number of nitrogens with zero attached hydrogens (tertiary/aromatic N) is 2. The zero-order valence-corrected chi connectivity index (χ0v) is 16.9. The van der Waals surface area contributed by atoms with Crippen LogP contribution >= 0.6 is 0 Å². The van der Waals surface area contributed by atoms with Gasteiger partial charge in [0.25, 0.3) is 15.9 Å². The number of nitrogens with one attached hydrogen (secondary N) is 3. The molecule has 3 aromatic rings. The van der Waals surface area contributed by atoms with Crippen LogP contribution in [0.25, 0.3) is 10.9 Å². The van der Waals surface area contributed by atoms with Crippen LogP contribution in [0, 0.1) is 0 Å². The summed E-state index contributed by atoms with van der Waals surface area (Å²) < 4.78 is 31.1. The highest BCUT2D eigenvalue weighted by Crippen LogP contribution is 2.23. The van der Waals surface area contributed by atoms with Gasteiger partial charge >= 0.3 is 0 Å². The fourth-order valence-electron chi connectivity index (χ4n) is 3.22. The summed E-state index contributed by atoms with van der Waals surface area (Å²) in [4.78, 5) is 15.0. The molecule has 0 atom stereocenters. The number of anilines is 3. The lowest BCUT2D eigenvalue weighted by Crippen LogP contribution is -2.36. The van der Waals surface area contributed by atoms with Gasteiger partial charge in [0.2, 0.25) is 0 Å². The predicted molar refractivity (Wildman–Crippen MR) is 116 cm³/mol. The monoisotopic (exact) mass is 427 g/mol. The van der Waals surface area contributed by atoms with E-state index in [-0.39, 0.29) is 5.69 Å². The Morgan fingerprint density at radius 1 is 1.13 bits per heavy atom. The molecule has 2 aromatic carbocycles. The molecule has 10 heteroatoms. The van der Waals surface area contributed by atoms with Crippen molar-refractivity contribution in [3.63, 3.8) is 0 Å². The molecule has 0 unspecified atom stereocenters. The van der Waals surface area contributed by atoms with Crippen molar-refractivity contribution in [3.8, 4) is 0 Å². The Kier molecular flexibility index (Phi) is 5.42. The van der Waals surface area contributed by atoms with Crippen LogP contribution in [0.4, 0.5) is 17.1 Å². The maximum atomic E-state index is 12.8. The Bertz CT molecular complexity index is 1180. The number of morpholine rings is 1. The first-order valence-corrected chi connectivity index (χ1v) is 10.9. The fraction of sp³-hybridized carbons (Fsp3) is 0.200. The van der Waals surface area contributed by atoms with Gasteiger partial charge in [-0.1, -0.05) is 6.58 Å². The van der Waals surface area contributed by atoms with E-state index in [1.807, 2.05) is 24.3 Å². The van der Waals surface area contributed by atoms with E-state index in [1.165, 1.54) is 0 Å². The molecule has 156 valence electrons. The van der Waals surface area contributed by atoms with Crippen molar-refractivity contribution in [3.05, 3.63) is 60.1 Å². The molecule has 1 aliphatic rings. The van der Waals surface area contributed by atoms with Crippen molar-refractivity contribution >= 4 is 43.9 Å². The summed E-state index contributed by atoms with van der Waals surface area (Å²) in [6.07, 6.45) is 0. The van der Waals surface area contributed by atoms with Gasteiger partial charge in [0.05, 0.1) is 18.7 Å². The summed E-state index contributed by atoms with van der Waals surface area (Å²) in [6.45, 7) is 6.35. The topological polar surface area (TPSA) is 116 Å². The van der Waals surface area contributed by atoms with E-state index in [1.54, 1.807) is 18.2 Å². The molecule has 3 N–H and O–H groups in total. The molecule has 1 amide bonds. The number of carbonyl (C=O) groups is 1. The van der Waals surface area contributed by atoms with E-state index >= 15 is 0 Å². The number of rotatable bonds is 6. The average molecular weight is 427 g/mol. The third-order valence-electron chi connectivity index (χ3n) is 4.76. The van der Waals surface area contributed by atoms with Crippen LogP contribution in [0.5, 0.6) is 0 Å². The maximum Gasteiger partial charge on any atom is 0.276 e. The summed E-state index contributed by atoms with van der Waals surface area (Å²) in [5, 5.41) is 11.0. The first-order valence-electron chi connectivity index (χ1n) is 9.33. The van der Waals surface area contributed by atoms with Crippen LogP contribution in [-0.4, -0.2) is 50.8 Å². The van der Waals surface area contributed by atoms with E-state index in [9.17, 15) is 13.2 Å². The second-order valence-electron chi connectivity index (χ2n) is 6.75. The van der Waals surface area contributed by atoms with Gasteiger partial charge in [-0.2, -0.15) is 5.10 Å². The molecule has 9 nitrogen and oxygen atoms in total. The number of carbonyl (C=O) groups excluding carboxylic acids is 1. The van der Waals surface area contributed by atoms with Gasteiger partial charge in [0, 0.05) is 40.9 Å². The number of aromatic amines is 1. The largest absolute Gasteiger partial charge is 0.378 e. The van der Waals surface area contributed by atoms with Gasteiger partial charge in [-0.3, -0.25) is 14.6 Å². The van der Waals surface area contributed by atoms with Crippen molar-refractivity contribution in [1.82, 2.24) is 10.2 Å². The quantitative estimate of drug-likeness (QED) is 0.557. The zero-order valence-electron chi connectivity index (χ0n) is 16.1. The maximum absolute atomic E-state index is 12.8. The normalized spacial score (nSPS) is 14.5. The minimum absolute atomic E-state index is 0.168. The predicted octanol–water partition coefficient (Wildman–Crippen LogP) is 2.54. The molecular formula is C20H21N5O4S. The number of amides is 1. The van der Waals surface area contributed by atoms with Crippen molar-refractivity contribution in [2.45, 2.75) is 0 Å². The third-order valence-corrected chi connectivity index (χ3v) is 5.72. The summed E-state index contributed by atoms with van der Waals surface area (Å²) in [5.41, 5.74) is 2.80. The van der Waals surface area contributed by atoms with E-state index in [4.69, 9.17) is 4.74 Å². The molecule has 2 heterocycles. The second-order valence-corrected chi connectivity index (χ2v) is 8.37. The summed E-state index contributed by atoms with van der Waals surface area (Å²) in [7, 11) is -3.65. The first kappa shape index (κ1) is 19.9. The van der Waals surface area contributed by atoms with Crippen molar-refractivity contribution < 1.29 is 17.9 Å². The number of ether oxygens (including phenoxy) is 1. The highest BCUT2D eigenvalue weighted by atomic mass is 32.2. The molecular weight excluding hydrogens is 406 g/mol. The molecule has 0 bridgehead atoms. The Morgan fingerprint density at radius 2 is 1.83 bits per heavy atom. The number of aromatic nitrogens is 2. The molecule has 1 fully saturated rings. The van der Waals surface area contributed by atoms with Gasteiger partial charge in [-0.05, 0) is 42.5 Å². The highest BCUT2D eigenvalue weighted by molar-refractivity contribution is 7.95. The second kappa shape index (κ2) is 8.17.